The molecule has 0 fully saturated rings. The summed E-state index contributed by atoms with van der Waals surface area (Å²) < 4.78 is 10.6. The molecule has 0 spiro atoms. The third-order valence-electron chi connectivity index (χ3n) is 3.54. The fourth-order valence-corrected chi connectivity index (χ4v) is 2.80. The second kappa shape index (κ2) is 9.60. The number of carbonyl (C=O) groups excluding carboxylic acids is 2. The van der Waals surface area contributed by atoms with E-state index in [-0.39, 0.29) is 20.8 Å². The number of hydrogen-bond donors (Lipinski definition) is 1. The summed E-state index contributed by atoms with van der Waals surface area (Å²) in [5, 5.41) is 2.55. The Hall–Kier alpha value is -2.80. The van der Waals surface area contributed by atoms with Crippen LogP contribution in [-0.4, -0.2) is 23.5 Å². The molecule has 148 valence electrons. The van der Waals surface area contributed by atoms with Crippen LogP contribution in [0.15, 0.2) is 60.8 Å². The predicted octanol–water partition coefficient (Wildman–Crippen LogP) is 5.63. The molecule has 3 rings (SSSR count). The molecule has 1 N–H and O–H groups in total. The third kappa shape index (κ3) is 5.60. The van der Waals surface area contributed by atoms with Gasteiger partial charge in [0.25, 0.3) is 5.91 Å². The van der Waals surface area contributed by atoms with Crippen molar-refractivity contribution in [3.05, 3.63) is 81.6 Å². The number of nitrogens with zero attached hydrogens (tertiary/aromatic N) is 1. The van der Waals surface area contributed by atoms with Crippen molar-refractivity contribution in [1.29, 1.82) is 0 Å². The van der Waals surface area contributed by atoms with Crippen LogP contribution >= 0.6 is 34.8 Å². The highest BCUT2D eigenvalue weighted by Crippen LogP contribution is 2.31. The van der Waals surface area contributed by atoms with Gasteiger partial charge in [0.2, 0.25) is 0 Å². The Balaban J connectivity index is 1.58. The molecule has 0 radical (unpaired) electrons. The summed E-state index contributed by atoms with van der Waals surface area (Å²) in [4.78, 5) is 27.9. The molecular weight excluding hydrogens is 439 g/mol. The SMILES string of the molecule is O=C(COC(=O)c1ncc(Cl)c(Cl)c1Cl)Nc1cccc(Oc2ccccc2)c1. The lowest BCUT2D eigenvalue weighted by Crippen LogP contribution is -2.21. The number of aromatic nitrogens is 1. The molecule has 1 amide bonds. The molecule has 1 heterocycles. The highest BCUT2D eigenvalue weighted by atomic mass is 35.5. The number of anilines is 1. The highest BCUT2D eigenvalue weighted by Gasteiger charge is 2.19. The summed E-state index contributed by atoms with van der Waals surface area (Å²) >= 11 is 17.6. The summed E-state index contributed by atoms with van der Waals surface area (Å²) in [6.45, 7) is -0.541. The largest absolute Gasteiger partial charge is 0.457 e. The molecule has 3 aromatic rings. The van der Waals surface area contributed by atoms with Crippen LogP contribution in [-0.2, 0) is 9.53 Å². The van der Waals surface area contributed by atoms with E-state index in [4.69, 9.17) is 44.3 Å². The molecule has 29 heavy (non-hydrogen) atoms. The van der Waals surface area contributed by atoms with E-state index >= 15 is 0 Å². The maximum absolute atomic E-state index is 12.1. The van der Waals surface area contributed by atoms with Crippen molar-refractivity contribution in [1.82, 2.24) is 4.98 Å². The first-order valence-corrected chi connectivity index (χ1v) is 9.37. The van der Waals surface area contributed by atoms with Crippen molar-refractivity contribution < 1.29 is 19.1 Å². The number of hydrogen-bond acceptors (Lipinski definition) is 5. The Kier molecular flexibility index (Phi) is 6.93. The first-order chi connectivity index (χ1) is 13.9. The van der Waals surface area contributed by atoms with Crippen molar-refractivity contribution in [2.24, 2.45) is 0 Å². The van der Waals surface area contributed by atoms with Crippen LogP contribution in [0.25, 0.3) is 0 Å². The van der Waals surface area contributed by atoms with Crippen LogP contribution in [0.5, 0.6) is 11.5 Å². The van der Waals surface area contributed by atoms with Gasteiger partial charge >= 0.3 is 5.97 Å². The molecule has 0 saturated carbocycles. The van der Waals surface area contributed by atoms with E-state index in [2.05, 4.69) is 10.3 Å². The molecule has 0 aliphatic rings. The number of rotatable bonds is 6. The monoisotopic (exact) mass is 450 g/mol. The minimum atomic E-state index is -0.898. The number of pyridine rings is 1. The number of halogens is 3. The minimum Gasteiger partial charge on any atom is -0.457 e. The van der Waals surface area contributed by atoms with E-state index in [1.807, 2.05) is 30.3 Å². The summed E-state index contributed by atoms with van der Waals surface area (Å²) in [5.74, 6) is -0.245. The number of nitrogens with one attached hydrogen (secondary N) is 1. The number of para-hydroxylation sites is 1. The van der Waals surface area contributed by atoms with Crippen LogP contribution in [0.4, 0.5) is 5.69 Å². The average Bonchev–Trinajstić information content (AvgIpc) is 2.71. The second-order valence-corrected chi connectivity index (χ2v) is 6.81. The van der Waals surface area contributed by atoms with E-state index in [1.54, 1.807) is 24.3 Å². The maximum atomic E-state index is 12.1. The van der Waals surface area contributed by atoms with Crippen LogP contribution in [0.2, 0.25) is 15.1 Å². The first-order valence-electron chi connectivity index (χ1n) is 8.23. The van der Waals surface area contributed by atoms with E-state index in [9.17, 15) is 9.59 Å². The van der Waals surface area contributed by atoms with Crippen molar-refractivity contribution in [2.75, 3.05) is 11.9 Å². The van der Waals surface area contributed by atoms with Gasteiger partial charge in [0.15, 0.2) is 12.3 Å². The molecule has 0 bridgehead atoms. The number of esters is 1. The molecule has 6 nitrogen and oxygen atoms in total. The fraction of sp³-hybridized carbons (Fsp3) is 0.0500. The fourth-order valence-electron chi connectivity index (χ4n) is 2.24. The van der Waals surface area contributed by atoms with E-state index in [1.165, 1.54) is 6.20 Å². The molecule has 2 aromatic carbocycles. The summed E-state index contributed by atoms with van der Waals surface area (Å²) in [5.41, 5.74) is 0.248. The number of carbonyl (C=O) groups is 2. The summed E-state index contributed by atoms with van der Waals surface area (Å²) in [7, 11) is 0. The molecule has 0 unspecified atom stereocenters. The Labute approximate surface area is 181 Å². The zero-order valence-electron chi connectivity index (χ0n) is 14.7. The number of amides is 1. The number of benzene rings is 2. The molecular formula is C20H13Cl3N2O4. The summed E-state index contributed by atoms with van der Waals surface area (Å²) in [6.07, 6.45) is 1.17. The Morgan fingerprint density at radius 3 is 2.41 bits per heavy atom. The lowest BCUT2D eigenvalue weighted by atomic mass is 10.3. The van der Waals surface area contributed by atoms with Gasteiger partial charge in [-0.1, -0.05) is 59.1 Å². The second-order valence-electron chi connectivity index (χ2n) is 5.65. The normalized spacial score (nSPS) is 10.3. The zero-order chi connectivity index (χ0) is 20.8. The molecule has 0 saturated heterocycles. The van der Waals surface area contributed by atoms with E-state index < -0.39 is 18.5 Å². The van der Waals surface area contributed by atoms with E-state index in [0.717, 1.165) is 0 Å². The number of ether oxygens (including phenoxy) is 2. The van der Waals surface area contributed by atoms with Gasteiger partial charge in [-0.3, -0.25) is 4.79 Å². The van der Waals surface area contributed by atoms with Crippen LogP contribution in [0, 0.1) is 0 Å². The Bertz CT molecular complexity index is 1050. The lowest BCUT2D eigenvalue weighted by Gasteiger charge is -2.10. The zero-order valence-corrected chi connectivity index (χ0v) is 17.0. The lowest BCUT2D eigenvalue weighted by molar-refractivity contribution is -0.119. The van der Waals surface area contributed by atoms with Gasteiger partial charge in [-0.25, -0.2) is 9.78 Å². The van der Waals surface area contributed by atoms with Crippen molar-refractivity contribution in [3.63, 3.8) is 0 Å². The highest BCUT2D eigenvalue weighted by molar-refractivity contribution is 6.48. The minimum absolute atomic E-state index is 0.0186. The van der Waals surface area contributed by atoms with Crippen molar-refractivity contribution in [2.45, 2.75) is 0 Å². The average molecular weight is 452 g/mol. The topological polar surface area (TPSA) is 77.5 Å². The molecule has 0 aliphatic heterocycles. The molecule has 1 aromatic heterocycles. The van der Waals surface area contributed by atoms with Gasteiger partial charge in [-0.2, -0.15) is 0 Å². The smallest absolute Gasteiger partial charge is 0.359 e. The van der Waals surface area contributed by atoms with Crippen LogP contribution in [0.3, 0.4) is 0 Å². The Morgan fingerprint density at radius 2 is 1.66 bits per heavy atom. The van der Waals surface area contributed by atoms with Crippen molar-refractivity contribution >= 4 is 52.4 Å². The molecule has 0 atom stereocenters. The van der Waals surface area contributed by atoms with Gasteiger partial charge in [0.05, 0.1) is 15.1 Å². The van der Waals surface area contributed by atoms with Gasteiger partial charge < -0.3 is 14.8 Å². The van der Waals surface area contributed by atoms with Gasteiger partial charge in [0, 0.05) is 18.0 Å². The van der Waals surface area contributed by atoms with Crippen LogP contribution < -0.4 is 10.1 Å². The van der Waals surface area contributed by atoms with Gasteiger partial charge in [-0.15, -0.1) is 0 Å². The predicted molar refractivity (Wildman–Crippen MR) is 111 cm³/mol. The van der Waals surface area contributed by atoms with Crippen molar-refractivity contribution in [3.8, 4) is 11.5 Å². The van der Waals surface area contributed by atoms with Crippen LogP contribution in [0.1, 0.15) is 10.5 Å². The standard InChI is InChI=1S/C20H13Cl3N2O4/c21-15-10-24-19(18(23)17(15)22)20(27)28-11-16(26)25-12-5-4-8-14(9-12)29-13-6-2-1-3-7-13/h1-10H,11H2,(H,25,26). The van der Waals surface area contributed by atoms with Gasteiger partial charge in [0.1, 0.15) is 11.5 Å². The molecule has 0 aliphatic carbocycles. The first kappa shape index (κ1) is 20.9. The van der Waals surface area contributed by atoms with E-state index in [0.29, 0.717) is 17.2 Å². The molecule has 9 heteroatoms. The maximum Gasteiger partial charge on any atom is 0.359 e. The Morgan fingerprint density at radius 1 is 0.931 bits per heavy atom. The summed E-state index contributed by atoms with van der Waals surface area (Å²) in [6, 6.07) is 16.0. The van der Waals surface area contributed by atoms with Gasteiger partial charge in [-0.05, 0) is 24.3 Å². The third-order valence-corrected chi connectivity index (χ3v) is 4.78. The quantitative estimate of drug-likeness (QED) is 0.491.